The van der Waals surface area contributed by atoms with Gasteiger partial charge < -0.3 is 21.3 Å². The van der Waals surface area contributed by atoms with Crippen LogP contribution in [-0.4, -0.2) is 27.9 Å². The molecular weight excluding hydrogens is 349 g/mol. The lowest BCUT2D eigenvalue weighted by Gasteiger charge is -2.06. The second-order valence-electron chi connectivity index (χ2n) is 5.52. The Morgan fingerprint density at radius 2 is 2.15 bits per heavy atom. The molecule has 0 aliphatic carbocycles. The van der Waals surface area contributed by atoms with Crippen LogP contribution in [-0.2, 0) is 6.54 Å². The molecule has 1 aromatic carbocycles. The van der Waals surface area contributed by atoms with Gasteiger partial charge in [-0.3, -0.25) is 4.99 Å². The van der Waals surface area contributed by atoms with Crippen LogP contribution in [0, 0.1) is 5.82 Å². The van der Waals surface area contributed by atoms with E-state index < -0.39 is 0 Å². The highest BCUT2D eigenvalue weighted by Gasteiger charge is 2.10. The molecular formula is C18H18FN7O. The number of hydrogen-bond donors (Lipinski definition) is 3. The zero-order valence-electron chi connectivity index (χ0n) is 14.6. The molecule has 3 aromatic rings. The number of benzene rings is 1. The molecule has 0 bridgehead atoms. The minimum absolute atomic E-state index is 0.111. The van der Waals surface area contributed by atoms with Gasteiger partial charge in [-0.2, -0.15) is 0 Å². The highest BCUT2D eigenvalue weighted by molar-refractivity contribution is 6.10. The Labute approximate surface area is 154 Å². The smallest absolute Gasteiger partial charge is 0.177 e. The predicted molar refractivity (Wildman–Crippen MR) is 101 cm³/mol. The number of nitrogens with two attached hydrogens (primary N) is 2. The number of rotatable bonds is 6. The summed E-state index contributed by atoms with van der Waals surface area (Å²) in [6, 6.07) is 8.03. The van der Waals surface area contributed by atoms with Crippen molar-refractivity contribution in [1.29, 1.82) is 0 Å². The molecule has 0 spiro atoms. The van der Waals surface area contributed by atoms with Gasteiger partial charge in [0.15, 0.2) is 11.6 Å². The van der Waals surface area contributed by atoms with Crippen LogP contribution in [0.1, 0.15) is 17.1 Å². The van der Waals surface area contributed by atoms with Crippen molar-refractivity contribution in [2.75, 3.05) is 18.1 Å². The average Bonchev–Trinajstić information content (AvgIpc) is 3.20. The summed E-state index contributed by atoms with van der Waals surface area (Å²) in [5, 5.41) is 6.74. The Hall–Kier alpha value is -3.75. The molecule has 138 valence electrons. The predicted octanol–water partition coefficient (Wildman–Crippen LogP) is 2.22. The number of allylic oxidation sites excluding steroid dienone is 1. The number of nitrogens with zero attached hydrogens (tertiary/aromatic N) is 4. The van der Waals surface area contributed by atoms with E-state index in [4.69, 9.17) is 16.0 Å². The summed E-state index contributed by atoms with van der Waals surface area (Å²) in [4.78, 5) is 12.8. The first kappa shape index (κ1) is 18.1. The molecule has 0 atom stereocenters. The van der Waals surface area contributed by atoms with E-state index in [-0.39, 0.29) is 29.7 Å². The third-order valence-corrected chi connectivity index (χ3v) is 3.72. The first-order chi connectivity index (χ1) is 13.1. The van der Waals surface area contributed by atoms with Crippen LogP contribution in [0.3, 0.4) is 0 Å². The van der Waals surface area contributed by atoms with E-state index in [0.717, 1.165) is 0 Å². The van der Waals surface area contributed by atoms with Crippen molar-refractivity contribution in [2.24, 2.45) is 10.7 Å². The molecule has 0 radical (unpaired) electrons. The largest absolute Gasteiger partial charge is 0.396 e. The number of hydrogen-bond acceptors (Lipinski definition) is 8. The van der Waals surface area contributed by atoms with Gasteiger partial charge in [0.25, 0.3) is 0 Å². The van der Waals surface area contributed by atoms with Crippen LogP contribution in [0.15, 0.2) is 58.4 Å². The van der Waals surface area contributed by atoms with Gasteiger partial charge >= 0.3 is 0 Å². The molecule has 27 heavy (non-hydrogen) atoms. The third kappa shape index (κ3) is 4.27. The molecule has 2 aromatic heterocycles. The van der Waals surface area contributed by atoms with Gasteiger partial charge in [-0.25, -0.2) is 14.4 Å². The lowest BCUT2D eigenvalue weighted by molar-refractivity contribution is 0.418. The van der Waals surface area contributed by atoms with Crippen LogP contribution in [0.25, 0.3) is 5.70 Å². The Morgan fingerprint density at radius 3 is 2.81 bits per heavy atom. The summed E-state index contributed by atoms with van der Waals surface area (Å²) >= 11 is 0. The molecule has 0 saturated heterocycles. The van der Waals surface area contributed by atoms with Gasteiger partial charge in [0.1, 0.15) is 17.8 Å². The molecule has 5 N–H and O–H groups in total. The average molecular weight is 367 g/mol. The lowest BCUT2D eigenvalue weighted by Crippen LogP contribution is -2.10. The maximum absolute atomic E-state index is 13.8. The summed E-state index contributed by atoms with van der Waals surface area (Å²) in [6.07, 6.45) is 4.49. The number of aliphatic imine (C=N–C) groups is 1. The maximum atomic E-state index is 13.8. The highest BCUT2D eigenvalue weighted by atomic mass is 19.1. The van der Waals surface area contributed by atoms with Gasteiger partial charge in [0.05, 0.1) is 29.8 Å². The van der Waals surface area contributed by atoms with E-state index in [1.807, 2.05) is 0 Å². The molecule has 3 rings (SSSR count). The molecule has 0 amide bonds. The zero-order chi connectivity index (χ0) is 19.2. The van der Waals surface area contributed by atoms with Crippen molar-refractivity contribution < 1.29 is 8.91 Å². The highest BCUT2D eigenvalue weighted by Crippen LogP contribution is 2.16. The van der Waals surface area contributed by atoms with Gasteiger partial charge in [0, 0.05) is 18.7 Å². The SMILES string of the molecule is CNc1cnc(C(N)=CC(=NCc2ccccc2F)c2ccon2)nc1N. The molecule has 8 nitrogen and oxygen atoms in total. The van der Waals surface area contributed by atoms with Gasteiger partial charge in [0.2, 0.25) is 0 Å². The third-order valence-electron chi connectivity index (χ3n) is 3.72. The van der Waals surface area contributed by atoms with Crippen LogP contribution in [0.2, 0.25) is 0 Å². The first-order valence-electron chi connectivity index (χ1n) is 8.05. The van der Waals surface area contributed by atoms with E-state index in [2.05, 4.69) is 25.4 Å². The van der Waals surface area contributed by atoms with Crippen molar-refractivity contribution in [3.8, 4) is 0 Å². The Morgan fingerprint density at radius 1 is 1.33 bits per heavy atom. The molecule has 2 heterocycles. The van der Waals surface area contributed by atoms with Crippen molar-refractivity contribution in [3.63, 3.8) is 0 Å². The summed E-state index contributed by atoms with van der Waals surface area (Å²) < 4.78 is 18.7. The second kappa shape index (κ2) is 8.09. The quantitative estimate of drug-likeness (QED) is 0.570. The monoisotopic (exact) mass is 367 g/mol. The number of anilines is 2. The molecule has 0 unspecified atom stereocenters. The van der Waals surface area contributed by atoms with E-state index in [1.54, 1.807) is 37.4 Å². The maximum Gasteiger partial charge on any atom is 0.177 e. The fraction of sp³-hybridized carbons (Fsp3) is 0.111. The van der Waals surface area contributed by atoms with Crippen molar-refractivity contribution in [1.82, 2.24) is 15.1 Å². The number of nitrogens with one attached hydrogen (secondary N) is 1. The Balaban J connectivity index is 1.94. The zero-order valence-corrected chi connectivity index (χ0v) is 14.6. The van der Waals surface area contributed by atoms with Crippen molar-refractivity contribution in [3.05, 3.63) is 71.8 Å². The fourth-order valence-corrected chi connectivity index (χ4v) is 2.28. The Bertz CT molecular complexity index is 983. The minimum atomic E-state index is -0.337. The normalized spacial score (nSPS) is 12.2. The van der Waals surface area contributed by atoms with Crippen LogP contribution in [0.4, 0.5) is 15.9 Å². The summed E-state index contributed by atoms with van der Waals surface area (Å²) in [5.41, 5.74) is 14.1. The van der Waals surface area contributed by atoms with Gasteiger partial charge in [-0.15, -0.1) is 0 Å². The van der Waals surface area contributed by atoms with Crippen LogP contribution in [0.5, 0.6) is 0 Å². The summed E-state index contributed by atoms with van der Waals surface area (Å²) in [6.45, 7) is 0.111. The van der Waals surface area contributed by atoms with Gasteiger partial charge in [-0.1, -0.05) is 23.4 Å². The molecule has 0 saturated carbocycles. The number of nitrogen functional groups attached to an aromatic ring is 1. The van der Waals surface area contributed by atoms with Gasteiger partial charge in [-0.05, 0) is 12.1 Å². The van der Waals surface area contributed by atoms with E-state index >= 15 is 0 Å². The number of halogens is 1. The first-order valence-corrected chi connectivity index (χ1v) is 8.05. The molecule has 0 aliphatic heterocycles. The second-order valence-corrected chi connectivity index (χ2v) is 5.52. The van der Waals surface area contributed by atoms with E-state index in [0.29, 0.717) is 22.7 Å². The van der Waals surface area contributed by atoms with Crippen LogP contribution >= 0.6 is 0 Å². The summed E-state index contributed by atoms with van der Waals surface area (Å²) in [7, 11) is 1.71. The standard InChI is InChI=1S/C18H18FN7O/c1-22-16-10-24-18(25-17(16)21)13(20)8-15(14-6-7-27-26-14)23-9-11-4-2-3-5-12(11)19/h2-8,10,22H,9,20H2,1H3,(H2,21,24,25). The lowest BCUT2D eigenvalue weighted by atomic mass is 10.2. The van der Waals surface area contributed by atoms with E-state index in [1.165, 1.54) is 18.5 Å². The van der Waals surface area contributed by atoms with E-state index in [9.17, 15) is 4.39 Å². The Kier molecular flexibility index (Phi) is 5.41. The molecule has 9 heteroatoms. The molecule has 0 aliphatic rings. The number of aromatic nitrogens is 3. The topological polar surface area (TPSA) is 128 Å². The molecule has 0 fully saturated rings. The minimum Gasteiger partial charge on any atom is -0.396 e. The summed E-state index contributed by atoms with van der Waals surface area (Å²) in [5.74, 6) is 0.176. The van der Waals surface area contributed by atoms with Crippen LogP contribution < -0.4 is 16.8 Å². The fourth-order valence-electron chi connectivity index (χ4n) is 2.28. The van der Waals surface area contributed by atoms with Crippen molar-refractivity contribution in [2.45, 2.75) is 6.54 Å². The van der Waals surface area contributed by atoms with Crippen molar-refractivity contribution >= 4 is 22.9 Å².